The molecule has 0 aliphatic rings. The van der Waals surface area contributed by atoms with Crippen molar-refractivity contribution in [2.75, 3.05) is 12.4 Å². The number of carboxylic acid groups (broad SMARTS) is 1. The van der Waals surface area contributed by atoms with Gasteiger partial charge < -0.3 is 14.4 Å². The summed E-state index contributed by atoms with van der Waals surface area (Å²) < 4.78 is 7.04. The van der Waals surface area contributed by atoms with Crippen LogP contribution in [0.2, 0.25) is 0 Å². The number of thioether (sulfide) groups is 1. The summed E-state index contributed by atoms with van der Waals surface area (Å²) in [5.74, 6) is 0.402. The lowest BCUT2D eigenvalue weighted by atomic mass is 9.86. The van der Waals surface area contributed by atoms with Crippen molar-refractivity contribution in [2.45, 2.75) is 23.8 Å². The third-order valence-electron chi connectivity index (χ3n) is 5.59. The number of pyridine rings is 1. The summed E-state index contributed by atoms with van der Waals surface area (Å²) in [5.41, 5.74) is 3.44. The largest absolute Gasteiger partial charge is 0.482 e. The van der Waals surface area contributed by atoms with Crippen LogP contribution >= 0.6 is 11.8 Å². The van der Waals surface area contributed by atoms with Gasteiger partial charge in [-0.25, -0.2) is 4.79 Å². The Hall–Kier alpha value is -3.77. The van der Waals surface area contributed by atoms with E-state index in [-0.39, 0.29) is 18.1 Å². The SMILES string of the molecule is O=C(O)COc1cccc(SCCCn2cc(C(c3ccccc3)c3ccccc3)ccc2=O)c1. The smallest absolute Gasteiger partial charge is 0.341 e. The van der Waals surface area contributed by atoms with Gasteiger partial charge in [-0.1, -0.05) is 72.8 Å². The summed E-state index contributed by atoms with van der Waals surface area (Å²) in [6.45, 7) is 0.255. The van der Waals surface area contributed by atoms with Crippen LogP contribution in [0.4, 0.5) is 0 Å². The van der Waals surface area contributed by atoms with E-state index in [1.807, 2.05) is 66.9 Å². The third kappa shape index (κ3) is 6.87. The average Bonchev–Trinajstić information content (AvgIpc) is 2.89. The molecule has 0 spiro atoms. The normalized spacial score (nSPS) is 10.9. The second-order valence-electron chi connectivity index (χ2n) is 8.11. The highest BCUT2D eigenvalue weighted by Crippen LogP contribution is 2.31. The molecule has 178 valence electrons. The molecule has 3 aromatic carbocycles. The van der Waals surface area contributed by atoms with Crippen molar-refractivity contribution in [1.29, 1.82) is 0 Å². The van der Waals surface area contributed by atoms with E-state index in [0.29, 0.717) is 12.3 Å². The van der Waals surface area contributed by atoms with E-state index >= 15 is 0 Å². The summed E-state index contributed by atoms with van der Waals surface area (Å²) in [4.78, 5) is 24.3. The monoisotopic (exact) mass is 485 g/mol. The molecule has 1 heterocycles. The molecule has 0 aliphatic carbocycles. The highest BCUT2D eigenvalue weighted by Gasteiger charge is 2.17. The van der Waals surface area contributed by atoms with Crippen LogP contribution in [0.5, 0.6) is 5.75 Å². The predicted octanol–water partition coefficient (Wildman–Crippen LogP) is 5.67. The van der Waals surface area contributed by atoms with Gasteiger partial charge in [0.1, 0.15) is 5.75 Å². The van der Waals surface area contributed by atoms with Crippen LogP contribution in [0, 0.1) is 0 Å². The number of rotatable bonds is 11. The molecule has 0 saturated carbocycles. The molecular formula is C29H27NO4S. The van der Waals surface area contributed by atoms with Gasteiger partial charge in [0.2, 0.25) is 0 Å². The molecule has 0 fully saturated rings. The standard InChI is InChI=1S/C29H27NO4S/c31-27-16-15-24(29(22-9-3-1-4-10-22)23-11-5-2-6-12-23)20-30(27)17-8-18-35-26-14-7-13-25(19-26)34-21-28(32)33/h1-7,9-16,19-20,29H,8,17-18,21H2,(H,32,33). The Kier molecular flexibility index (Phi) is 8.41. The predicted molar refractivity (Wildman–Crippen MR) is 139 cm³/mol. The minimum atomic E-state index is -1.00. The fraction of sp³-hybridized carbons (Fsp3) is 0.172. The average molecular weight is 486 g/mol. The van der Waals surface area contributed by atoms with Crippen molar-refractivity contribution in [3.63, 3.8) is 0 Å². The minimum Gasteiger partial charge on any atom is -0.482 e. The summed E-state index contributed by atoms with van der Waals surface area (Å²) in [6.07, 6.45) is 2.80. The summed E-state index contributed by atoms with van der Waals surface area (Å²) in [7, 11) is 0. The molecular weight excluding hydrogens is 458 g/mol. The highest BCUT2D eigenvalue weighted by molar-refractivity contribution is 7.99. The molecule has 0 atom stereocenters. The maximum atomic E-state index is 12.6. The van der Waals surface area contributed by atoms with Gasteiger partial charge in [0.15, 0.2) is 6.61 Å². The van der Waals surface area contributed by atoms with E-state index in [1.54, 1.807) is 28.5 Å². The van der Waals surface area contributed by atoms with Crippen LogP contribution in [-0.4, -0.2) is 28.0 Å². The summed E-state index contributed by atoms with van der Waals surface area (Å²) in [5, 5.41) is 8.77. The first-order chi connectivity index (χ1) is 17.1. The lowest BCUT2D eigenvalue weighted by molar-refractivity contribution is -0.139. The van der Waals surface area contributed by atoms with Crippen LogP contribution in [-0.2, 0) is 11.3 Å². The number of benzene rings is 3. The number of aromatic nitrogens is 1. The molecule has 0 amide bonds. The minimum absolute atomic E-state index is 0.0114. The number of aliphatic carboxylic acids is 1. The van der Waals surface area contributed by atoms with Gasteiger partial charge in [0, 0.05) is 29.6 Å². The Balaban J connectivity index is 1.44. The van der Waals surface area contributed by atoms with Gasteiger partial charge in [0.05, 0.1) is 0 Å². The summed E-state index contributed by atoms with van der Waals surface area (Å²) >= 11 is 1.66. The van der Waals surface area contributed by atoms with Crippen molar-refractivity contribution in [1.82, 2.24) is 4.57 Å². The van der Waals surface area contributed by atoms with Crippen LogP contribution in [0.15, 0.2) is 113 Å². The van der Waals surface area contributed by atoms with E-state index in [0.717, 1.165) is 22.6 Å². The number of ether oxygens (including phenoxy) is 1. The molecule has 4 aromatic rings. The van der Waals surface area contributed by atoms with Crippen LogP contribution < -0.4 is 10.3 Å². The maximum absolute atomic E-state index is 12.6. The molecule has 1 N–H and O–H groups in total. The van der Waals surface area contributed by atoms with Crippen molar-refractivity contribution >= 4 is 17.7 Å². The molecule has 0 radical (unpaired) electrons. The first-order valence-electron chi connectivity index (χ1n) is 11.5. The van der Waals surface area contributed by atoms with E-state index in [4.69, 9.17) is 9.84 Å². The number of aryl methyl sites for hydroxylation is 1. The molecule has 0 bridgehead atoms. The molecule has 4 rings (SSSR count). The molecule has 0 unspecified atom stereocenters. The molecule has 0 saturated heterocycles. The van der Waals surface area contributed by atoms with Crippen LogP contribution in [0.25, 0.3) is 0 Å². The van der Waals surface area contributed by atoms with Gasteiger partial charge in [-0.05, 0) is 47.1 Å². The number of hydrogen-bond acceptors (Lipinski definition) is 4. The molecule has 0 aliphatic heterocycles. The Morgan fingerprint density at radius 3 is 2.20 bits per heavy atom. The fourth-order valence-corrected chi connectivity index (χ4v) is 4.87. The fourth-order valence-electron chi connectivity index (χ4n) is 3.99. The number of carboxylic acids is 1. The molecule has 1 aromatic heterocycles. The lowest BCUT2D eigenvalue weighted by Crippen LogP contribution is -2.20. The Morgan fingerprint density at radius 1 is 0.857 bits per heavy atom. The van der Waals surface area contributed by atoms with Crippen molar-refractivity contribution in [3.8, 4) is 5.75 Å². The van der Waals surface area contributed by atoms with Gasteiger partial charge in [-0.15, -0.1) is 11.8 Å². The Bertz CT molecular complexity index is 1270. The lowest BCUT2D eigenvalue weighted by Gasteiger charge is -2.20. The van der Waals surface area contributed by atoms with Gasteiger partial charge >= 0.3 is 5.97 Å². The zero-order valence-electron chi connectivity index (χ0n) is 19.2. The van der Waals surface area contributed by atoms with Gasteiger partial charge in [0.25, 0.3) is 5.56 Å². The molecule has 5 nitrogen and oxygen atoms in total. The van der Waals surface area contributed by atoms with E-state index < -0.39 is 5.97 Å². The first-order valence-corrected chi connectivity index (χ1v) is 12.5. The molecule has 6 heteroatoms. The first kappa shape index (κ1) is 24.4. The molecule has 35 heavy (non-hydrogen) atoms. The van der Waals surface area contributed by atoms with Crippen molar-refractivity contribution in [3.05, 3.63) is 130 Å². The number of nitrogens with zero attached hydrogens (tertiary/aromatic N) is 1. The van der Waals surface area contributed by atoms with Crippen LogP contribution in [0.1, 0.15) is 29.0 Å². The quantitative estimate of drug-likeness (QED) is 0.219. The topological polar surface area (TPSA) is 68.5 Å². The third-order valence-corrected chi connectivity index (χ3v) is 6.67. The Morgan fingerprint density at radius 2 is 1.54 bits per heavy atom. The second kappa shape index (κ2) is 12.1. The van der Waals surface area contributed by atoms with Gasteiger partial charge in [-0.3, -0.25) is 4.79 Å². The highest BCUT2D eigenvalue weighted by atomic mass is 32.2. The van der Waals surface area contributed by atoms with Crippen LogP contribution in [0.3, 0.4) is 0 Å². The maximum Gasteiger partial charge on any atom is 0.341 e. The van der Waals surface area contributed by atoms with E-state index in [2.05, 4.69) is 24.3 Å². The van der Waals surface area contributed by atoms with Crippen molar-refractivity contribution in [2.24, 2.45) is 0 Å². The van der Waals surface area contributed by atoms with Gasteiger partial charge in [-0.2, -0.15) is 0 Å². The number of hydrogen-bond donors (Lipinski definition) is 1. The second-order valence-corrected chi connectivity index (χ2v) is 9.28. The zero-order chi connectivity index (χ0) is 24.5. The Labute approximate surface area is 209 Å². The van der Waals surface area contributed by atoms with E-state index in [9.17, 15) is 9.59 Å². The number of carbonyl (C=O) groups is 1. The summed E-state index contributed by atoms with van der Waals surface area (Å²) in [6, 6.07) is 31.7. The van der Waals surface area contributed by atoms with E-state index in [1.165, 1.54) is 11.1 Å². The zero-order valence-corrected chi connectivity index (χ0v) is 20.1. The van der Waals surface area contributed by atoms with Crippen molar-refractivity contribution < 1.29 is 14.6 Å².